The van der Waals surface area contributed by atoms with E-state index in [1.165, 1.54) is 11.3 Å². The molecule has 1 saturated carbocycles. The van der Waals surface area contributed by atoms with E-state index in [9.17, 15) is 14.7 Å². The quantitative estimate of drug-likeness (QED) is 0.819. The van der Waals surface area contributed by atoms with Crippen molar-refractivity contribution in [1.82, 2.24) is 4.98 Å². The number of carboxylic acid groups (broad SMARTS) is 1. The van der Waals surface area contributed by atoms with Crippen LogP contribution in [0.5, 0.6) is 0 Å². The third-order valence-electron chi connectivity index (χ3n) is 3.88. The van der Waals surface area contributed by atoms with Crippen LogP contribution in [0.1, 0.15) is 12.1 Å². The lowest BCUT2D eigenvalue weighted by Crippen LogP contribution is -2.42. The first-order chi connectivity index (χ1) is 9.06. The average Bonchev–Trinajstić information content (AvgIpc) is 3.03. The molecule has 1 N–H and O–H groups in total. The number of nitrogens with one attached hydrogen (secondary N) is 1. The molecule has 1 heterocycles. The lowest BCUT2D eigenvalue weighted by Gasteiger charge is -2.27. The van der Waals surface area contributed by atoms with Gasteiger partial charge in [-0.25, -0.2) is 4.98 Å². The maximum absolute atomic E-state index is 12.3. The Labute approximate surface area is 114 Å². The minimum atomic E-state index is -1.13. The smallest absolute Gasteiger partial charge is 0.230 e. The van der Waals surface area contributed by atoms with Crippen LogP contribution < -0.4 is 10.4 Å². The van der Waals surface area contributed by atoms with E-state index in [2.05, 4.69) is 10.3 Å². The van der Waals surface area contributed by atoms with Crippen molar-refractivity contribution in [2.45, 2.75) is 13.3 Å². The number of nitrogens with zero attached hydrogens (tertiary/aromatic N) is 1. The normalized spacial score (nSPS) is 31.6. The van der Waals surface area contributed by atoms with Crippen LogP contribution >= 0.6 is 11.3 Å². The number of aliphatic carboxylic acids is 1. The van der Waals surface area contributed by atoms with Crippen molar-refractivity contribution in [3.05, 3.63) is 23.2 Å². The maximum Gasteiger partial charge on any atom is 0.230 e. The van der Waals surface area contributed by atoms with Crippen molar-refractivity contribution in [3.8, 4) is 0 Å². The van der Waals surface area contributed by atoms with Crippen LogP contribution in [0.25, 0.3) is 0 Å². The van der Waals surface area contributed by atoms with E-state index in [1.807, 2.05) is 24.5 Å². The molecular weight excluding hydrogens is 264 g/mol. The molecule has 0 spiro atoms. The molecule has 19 heavy (non-hydrogen) atoms. The highest BCUT2D eigenvalue weighted by Gasteiger charge is 2.48. The number of carboxylic acids is 1. The SMILES string of the molecule is Cc1csc(NC(=O)[C@H]2[C@@H](C(=O)[O-])[C@H]3C=C[C@@H]2C3)n1. The number of hydrogen-bond acceptors (Lipinski definition) is 5. The van der Waals surface area contributed by atoms with Crippen LogP contribution in [0.4, 0.5) is 5.13 Å². The number of fused-ring (bicyclic) bond motifs is 2. The molecule has 100 valence electrons. The van der Waals surface area contributed by atoms with Crippen LogP contribution in [-0.2, 0) is 9.59 Å². The Balaban J connectivity index is 1.79. The molecule has 0 aliphatic heterocycles. The number of aromatic nitrogens is 1. The molecule has 0 unspecified atom stereocenters. The van der Waals surface area contributed by atoms with Crippen molar-refractivity contribution in [3.63, 3.8) is 0 Å². The summed E-state index contributed by atoms with van der Waals surface area (Å²) in [5.74, 6) is -2.70. The topological polar surface area (TPSA) is 82.1 Å². The molecular formula is C13H13N2O3S-. The van der Waals surface area contributed by atoms with Gasteiger partial charge in [-0.3, -0.25) is 4.79 Å². The van der Waals surface area contributed by atoms with E-state index in [0.29, 0.717) is 5.13 Å². The summed E-state index contributed by atoms with van der Waals surface area (Å²) < 4.78 is 0. The van der Waals surface area contributed by atoms with E-state index in [4.69, 9.17) is 0 Å². The summed E-state index contributed by atoms with van der Waals surface area (Å²) in [4.78, 5) is 27.6. The van der Waals surface area contributed by atoms with Crippen molar-refractivity contribution >= 4 is 28.3 Å². The van der Waals surface area contributed by atoms with Gasteiger partial charge < -0.3 is 15.2 Å². The molecule has 1 aromatic heterocycles. The summed E-state index contributed by atoms with van der Waals surface area (Å²) in [6.45, 7) is 1.84. The van der Waals surface area contributed by atoms with Gasteiger partial charge in [-0.2, -0.15) is 0 Å². The molecule has 1 fully saturated rings. The molecule has 1 amide bonds. The number of carbonyl (C=O) groups is 2. The summed E-state index contributed by atoms with van der Waals surface area (Å²) in [6.07, 6.45) is 4.57. The second kappa shape index (κ2) is 4.45. The maximum atomic E-state index is 12.3. The third kappa shape index (κ3) is 2.06. The molecule has 2 aliphatic rings. The highest BCUT2D eigenvalue weighted by molar-refractivity contribution is 7.13. The van der Waals surface area contributed by atoms with Crippen LogP contribution in [0, 0.1) is 30.6 Å². The van der Waals surface area contributed by atoms with Crippen LogP contribution in [0.15, 0.2) is 17.5 Å². The van der Waals surface area contributed by atoms with Gasteiger partial charge in [0.15, 0.2) is 5.13 Å². The first-order valence-corrected chi connectivity index (χ1v) is 7.06. The van der Waals surface area contributed by atoms with E-state index in [0.717, 1.165) is 12.1 Å². The Morgan fingerprint density at radius 3 is 2.63 bits per heavy atom. The first-order valence-electron chi connectivity index (χ1n) is 6.18. The molecule has 0 saturated heterocycles. The predicted molar refractivity (Wildman–Crippen MR) is 68.2 cm³/mol. The van der Waals surface area contributed by atoms with Gasteiger partial charge in [-0.15, -0.1) is 11.3 Å². The van der Waals surface area contributed by atoms with Crippen LogP contribution in [0.2, 0.25) is 0 Å². The molecule has 0 aromatic carbocycles. The number of rotatable bonds is 3. The Morgan fingerprint density at radius 1 is 1.37 bits per heavy atom. The summed E-state index contributed by atoms with van der Waals surface area (Å²) in [5.41, 5.74) is 0.838. The molecule has 1 aromatic rings. The summed E-state index contributed by atoms with van der Waals surface area (Å²) in [7, 11) is 0. The average molecular weight is 277 g/mol. The minimum Gasteiger partial charge on any atom is -0.550 e. The Kier molecular flexibility index (Phi) is 2.89. The van der Waals surface area contributed by atoms with E-state index >= 15 is 0 Å². The monoisotopic (exact) mass is 277 g/mol. The highest BCUT2D eigenvalue weighted by atomic mass is 32.1. The summed E-state index contributed by atoms with van der Waals surface area (Å²) in [6, 6.07) is 0. The third-order valence-corrected chi connectivity index (χ3v) is 4.76. The molecule has 0 radical (unpaired) electrons. The number of aryl methyl sites for hydroxylation is 1. The van der Waals surface area contributed by atoms with Gasteiger partial charge in [0, 0.05) is 17.3 Å². The number of carbonyl (C=O) groups excluding carboxylic acids is 2. The lowest BCUT2D eigenvalue weighted by atomic mass is 9.82. The van der Waals surface area contributed by atoms with Crippen molar-refractivity contribution in [2.24, 2.45) is 23.7 Å². The first kappa shape index (κ1) is 12.3. The largest absolute Gasteiger partial charge is 0.550 e. The van der Waals surface area contributed by atoms with Crippen LogP contribution in [-0.4, -0.2) is 16.9 Å². The van der Waals surface area contributed by atoms with Gasteiger partial charge in [-0.05, 0) is 25.2 Å². The molecule has 2 aliphatic carbocycles. The molecule has 2 bridgehead atoms. The lowest BCUT2D eigenvalue weighted by molar-refractivity contribution is -0.313. The van der Waals surface area contributed by atoms with Crippen molar-refractivity contribution < 1.29 is 14.7 Å². The van der Waals surface area contributed by atoms with Gasteiger partial charge in [-0.1, -0.05) is 12.2 Å². The van der Waals surface area contributed by atoms with E-state index in [-0.39, 0.29) is 17.7 Å². The predicted octanol–water partition coefficient (Wildman–Crippen LogP) is 0.578. The minimum absolute atomic E-state index is 0.00830. The second-order valence-corrected chi connectivity index (χ2v) is 5.96. The number of allylic oxidation sites excluding steroid dienone is 2. The Hall–Kier alpha value is -1.69. The van der Waals surface area contributed by atoms with Crippen molar-refractivity contribution in [1.29, 1.82) is 0 Å². The van der Waals surface area contributed by atoms with Crippen LogP contribution in [0.3, 0.4) is 0 Å². The number of amides is 1. The molecule has 5 nitrogen and oxygen atoms in total. The standard InChI is InChI=1S/C13H14N2O3S/c1-6-5-19-13(14-6)15-11(16)9-7-2-3-8(4-7)10(9)12(17)18/h2-3,5,7-10H,4H2,1H3,(H,17,18)(H,14,15,16)/p-1/t7-,8+,9-,10+/m1/s1. The van der Waals surface area contributed by atoms with Gasteiger partial charge in [0.1, 0.15) is 0 Å². The van der Waals surface area contributed by atoms with Gasteiger partial charge in [0.2, 0.25) is 5.91 Å². The highest BCUT2D eigenvalue weighted by Crippen LogP contribution is 2.48. The Bertz CT molecular complexity index is 566. The fourth-order valence-corrected chi connectivity index (χ4v) is 3.79. The fourth-order valence-electron chi connectivity index (χ4n) is 3.10. The van der Waals surface area contributed by atoms with Gasteiger partial charge in [0.25, 0.3) is 0 Å². The van der Waals surface area contributed by atoms with E-state index in [1.54, 1.807) is 0 Å². The molecule has 6 heteroatoms. The van der Waals surface area contributed by atoms with Gasteiger partial charge in [0.05, 0.1) is 11.6 Å². The zero-order valence-corrected chi connectivity index (χ0v) is 11.1. The van der Waals surface area contributed by atoms with Crippen molar-refractivity contribution in [2.75, 3.05) is 5.32 Å². The summed E-state index contributed by atoms with van der Waals surface area (Å²) in [5, 5.41) is 16.3. The Morgan fingerprint density at radius 2 is 2.05 bits per heavy atom. The molecule has 4 atom stereocenters. The zero-order chi connectivity index (χ0) is 13.6. The van der Waals surface area contributed by atoms with E-state index < -0.39 is 17.8 Å². The number of thiazole rings is 1. The van der Waals surface area contributed by atoms with Gasteiger partial charge >= 0.3 is 0 Å². The summed E-state index contributed by atoms with van der Waals surface area (Å²) >= 11 is 1.34. The number of anilines is 1. The fraction of sp³-hybridized carbons (Fsp3) is 0.462. The molecule has 3 rings (SSSR count). The second-order valence-electron chi connectivity index (χ2n) is 5.10. The number of hydrogen-bond donors (Lipinski definition) is 1. The zero-order valence-electron chi connectivity index (χ0n) is 10.3.